The van der Waals surface area contributed by atoms with E-state index in [0.29, 0.717) is 46.7 Å². The number of halogens is 1. The number of fused-ring (bicyclic) bond motifs is 4. The molecule has 0 unspecified atom stereocenters. The van der Waals surface area contributed by atoms with Crippen molar-refractivity contribution in [2.75, 3.05) is 24.7 Å². The van der Waals surface area contributed by atoms with Crippen molar-refractivity contribution in [2.24, 2.45) is 0 Å². The molecule has 4 heterocycles. The topological polar surface area (TPSA) is 91.8 Å². The fourth-order valence-electron chi connectivity index (χ4n) is 6.61. The molecule has 0 radical (unpaired) electrons. The molecule has 3 aromatic carbocycles. The molecule has 3 aliphatic rings. The standard InChI is InChI=1S/C35H31FN4O4/c1-2-44-35(43)30-26(20-21-9-15-25(36)16-10-21)37-32-28-8-5-18-39(28)34(42)31(32)29(30)23-11-13-24(14-12-23)33(41)38-40-19-17-22-6-3-4-7-27(22)40/h3-4,6-7,9-16,28H,2,5,8,17-20H2,1H3,(H,38,41)/t28-/m0/s1. The first-order chi connectivity index (χ1) is 21.4. The van der Waals surface area contributed by atoms with E-state index in [0.717, 1.165) is 30.5 Å². The summed E-state index contributed by atoms with van der Waals surface area (Å²) in [5, 5.41) is 1.85. The van der Waals surface area contributed by atoms with Crippen LogP contribution in [0, 0.1) is 5.82 Å². The van der Waals surface area contributed by atoms with E-state index >= 15 is 0 Å². The fourth-order valence-corrected chi connectivity index (χ4v) is 6.61. The average molecular weight is 591 g/mol. The normalized spacial score (nSPS) is 16.5. The molecule has 0 spiro atoms. The molecule has 222 valence electrons. The molecule has 7 rings (SSSR count). The lowest BCUT2D eigenvalue weighted by Gasteiger charge is -2.21. The second-order valence-corrected chi connectivity index (χ2v) is 11.3. The van der Waals surface area contributed by atoms with Gasteiger partial charge in [-0.25, -0.2) is 9.18 Å². The van der Waals surface area contributed by atoms with E-state index in [-0.39, 0.29) is 42.3 Å². The molecule has 44 heavy (non-hydrogen) atoms. The summed E-state index contributed by atoms with van der Waals surface area (Å²) in [4.78, 5) is 47.4. The summed E-state index contributed by atoms with van der Waals surface area (Å²) >= 11 is 0. The van der Waals surface area contributed by atoms with Crippen molar-refractivity contribution >= 4 is 23.5 Å². The van der Waals surface area contributed by atoms with Crippen molar-refractivity contribution in [3.05, 3.63) is 118 Å². The number of esters is 1. The number of hydrazine groups is 1. The number of benzene rings is 3. The third-order valence-electron chi connectivity index (χ3n) is 8.67. The van der Waals surface area contributed by atoms with Gasteiger partial charge in [-0.1, -0.05) is 42.5 Å². The predicted molar refractivity (Wildman–Crippen MR) is 163 cm³/mol. The zero-order valence-corrected chi connectivity index (χ0v) is 24.3. The Morgan fingerprint density at radius 3 is 2.55 bits per heavy atom. The highest BCUT2D eigenvalue weighted by atomic mass is 19.1. The van der Waals surface area contributed by atoms with Gasteiger partial charge in [0.1, 0.15) is 5.82 Å². The molecule has 1 aromatic heterocycles. The molecule has 9 heteroatoms. The first-order valence-corrected chi connectivity index (χ1v) is 15.0. The number of hydrogen-bond acceptors (Lipinski definition) is 6. The largest absolute Gasteiger partial charge is 0.462 e. The molecule has 0 aliphatic carbocycles. The minimum absolute atomic E-state index is 0.146. The summed E-state index contributed by atoms with van der Waals surface area (Å²) in [5.41, 5.74) is 9.21. The van der Waals surface area contributed by atoms with Gasteiger partial charge >= 0.3 is 5.97 Å². The summed E-state index contributed by atoms with van der Waals surface area (Å²) in [6.45, 7) is 3.18. The van der Waals surface area contributed by atoms with E-state index in [1.807, 2.05) is 28.1 Å². The van der Waals surface area contributed by atoms with Crippen molar-refractivity contribution in [1.82, 2.24) is 15.3 Å². The number of nitrogens with zero attached hydrogens (tertiary/aromatic N) is 3. The number of anilines is 1. The van der Waals surface area contributed by atoms with Crippen LogP contribution in [0.25, 0.3) is 11.1 Å². The van der Waals surface area contributed by atoms with Gasteiger partial charge in [0.2, 0.25) is 0 Å². The Kier molecular flexibility index (Phi) is 7.08. The highest BCUT2D eigenvalue weighted by Crippen LogP contribution is 2.46. The van der Waals surface area contributed by atoms with Crippen LogP contribution < -0.4 is 10.4 Å². The van der Waals surface area contributed by atoms with Crippen LogP contribution in [0.4, 0.5) is 10.1 Å². The van der Waals surface area contributed by atoms with Crippen LogP contribution in [-0.4, -0.2) is 47.4 Å². The van der Waals surface area contributed by atoms with Gasteiger partial charge in [0.15, 0.2) is 0 Å². The van der Waals surface area contributed by atoms with Crippen molar-refractivity contribution in [1.29, 1.82) is 0 Å². The first kappa shape index (κ1) is 27.8. The van der Waals surface area contributed by atoms with E-state index in [1.54, 1.807) is 43.3 Å². The number of aromatic nitrogens is 1. The van der Waals surface area contributed by atoms with Gasteiger partial charge < -0.3 is 9.64 Å². The molecule has 3 aliphatic heterocycles. The van der Waals surface area contributed by atoms with E-state index in [2.05, 4.69) is 11.5 Å². The number of pyridine rings is 1. The van der Waals surface area contributed by atoms with E-state index in [9.17, 15) is 18.8 Å². The average Bonchev–Trinajstić information content (AvgIpc) is 3.75. The number of nitrogens with one attached hydrogen (secondary N) is 1. The number of carbonyl (C=O) groups excluding carboxylic acids is 3. The maximum atomic E-state index is 13.8. The van der Waals surface area contributed by atoms with Crippen molar-refractivity contribution in [3.8, 4) is 11.1 Å². The maximum absolute atomic E-state index is 13.8. The Morgan fingerprint density at radius 2 is 1.77 bits per heavy atom. The quantitative estimate of drug-likeness (QED) is 0.280. The third kappa shape index (κ3) is 4.78. The zero-order valence-electron chi connectivity index (χ0n) is 24.3. The molecular weight excluding hydrogens is 559 g/mol. The molecule has 1 saturated heterocycles. The lowest BCUT2D eigenvalue weighted by atomic mass is 9.89. The minimum Gasteiger partial charge on any atom is -0.462 e. The van der Waals surface area contributed by atoms with Gasteiger partial charge in [0.05, 0.1) is 40.9 Å². The highest BCUT2D eigenvalue weighted by molar-refractivity contribution is 6.11. The molecule has 8 nitrogen and oxygen atoms in total. The van der Waals surface area contributed by atoms with Crippen molar-refractivity contribution < 1.29 is 23.5 Å². The lowest BCUT2D eigenvalue weighted by Crippen LogP contribution is -2.41. The number of rotatable bonds is 7. The summed E-state index contributed by atoms with van der Waals surface area (Å²) in [7, 11) is 0. The molecule has 1 fully saturated rings. The van der Waals surface area contributed by atoms with Crippen LogP contribution in [0.3, 0.4) is 0 Å². The smallest absolute Gasteiger partial charge is 0.340 e. The molecule has 0 bridgehead atoms. The Hall–Kier alpha value is -5.05. The predicted octanol–water partition coefficient (Wildman–Crippen LogP) is 5.65. The van der Waals surface area contributed by atoms with Crippen molar-refractivity contribution in [3.63, 3.8) is 0 Å². The van der Waals surface area contributed by atoms with E-state index in [1.165, 1.54) is 17.7 Å². The lowest BCUT2D eigenvalue weighted by molar-refractivity contribution is 0.0525. The van der Waals surface area contributed by atoms with Gasteiger partial charge in [-0.15, -0.1) is 0 Å². The Bertz CT molecular complexity index is 1790. The fraction of sp³-hybridized carbons (Fsp3) is 0.257. The summed E-state index contributed by atoms with van der Waals surface area (Å²) < 4.78 is 19.2. The second-order valence-electron chi connectivity index (χ2n) is 11.3. The SMILES string of the molecule is CCOC(=O)c1c(Cc2ccc(F)cc2)nc2c(c1-c1ccc(C(=O)NN3CCc4ccccc43)cc1)C(=O)N1CCC[C@@H]21. The monoisotopic (exact) mass is 590 g/mol. The van der Waals surface area contributed by atoms with Crippen LogP contribution in [0.2, 0.25) is 0 Å². The van der Waals surface area contributed by atoms with Gasteiger partial charge in [-0.2, -0.15) is 0 Å². The molecule has 2 amide bonds. The number of carbonyl (C=O) groups is 3. The minimum atomic E-state index is -0.579. The van der Waals surface area contributed by atoms with E-state index in [4.69, 9.17) is 9.72 Å². The molecule has 4 aromatic rings. The number of hydrogen-bond donors (Lipinski definition) is 1. The number of amides is 2. The van der Waals surface area contributed by atoms with Crippen LogP contribution in [0.15, 0.2) is 72.8 Å². The number of ether oxygens (including phenoxy) is 1. The van der Waals surface area contributed by atoms with Crippen LogP contribution in [-0.2, 0) is 17.6 Å². The van der Waals surface area contributed by atoms with Gasteiger partial charge in [0.25, 0.3) is 11.8 Å². The van der Waals surface area contributed by atoms with Gasteiger partial charge in [-0.05, 0) is 73.2 Å². The van der Waals surface area contributed by atoms with Crippen LogP contribution in [0.1, 0.15) is 79.4 Å². The summed E-state index contributed by atoms with van der Waals surface area (Å²) in [6, 6.07) is 20.8. The van der Waals surface area contributed by atoms with Crippen LogP contribution >= 0.6 is 0 Å². The Balaban J connectivity index is 1.30. The van der Waals surface area contributed by atoms with E-state index < -0.39 is 5.97 Å². The zero-order chi connectivity index (χ0) is 30.4. The molecule has 1 atom stereocenters. The van der Waals surface area contributed by atoms with Crippen molar-refractivity contribution in [2.45, 2.75) is 38.6 Å². The first-order valence-electron chi connectivity index (χ1n) is 15.0. The third-order valence-corrected chi connectivity index (χ3v) is 8.67. The van der Waals surface area contributed by atoms with Gasteiger partial charge in [-0.3, -0.25) is 25.0 Å². The van der Waals surface area contributed by atoms with Gasteiger partial charge in [0, 0.05) is 30.6 Å². The van der Waals surface area contributed by atoms with Crippen LogP contribution in [0.5, 0.6) is 0 Å². The number of para-hydroxylation sites is 1. The summed E-state index contributed by atoms with van der Waals surface area (Å²) in [5.74, 6) is -1.34. The Labute approximate surface area is 254 Å². The molecule has 0 saturated carbocycles. The second kappa shape index (κ2) is 11.2. The molecular formula is C35H31FN4O4. The maximum Gasteiger partial charge on any atom is 0.340 e. The Morgan fingerprint density at radius 1 is 1.00 bits per heavy atom. The summed E-state index contributed by atoms with van der Waals surface area (Å²) in [6.07, 6.45) is 2.78. The highest BCUT2D eigenvalue weighted by Gasteiger charge is 2.44. The molecule has 1 N–H and O–H groups in total.